The second kappa shape index (κ2) is 10.4. The van der Waals surface area contributed by atoms with Crippen LogP contribution in [0, 0.1) is 6.92 Å². The number of benzene rings is 1. The maximum Gasteiger partial charge on any atom is 0.254 e. The van der Waals surface area contributed by atoms with Crippen molar-refractivity contribution >= 4 is 44.2 Å². The van der Waals surface area contributed by atoms with Gasteiger partial charge >= 0.3 is 0 Å². The Balaban J connectivity index is 2.04. The number of halogens is 1. The first-order valence-corrected chi connectivity index (χ1v) is 10.0. The molecule has 0 bridgehead atoms. The summed E-state index contributed by atoms with van der Waals surface area (Å²) in [6.07, 6.45) is 0.664. The van der Waals surface area contributed by atoms with Crippen molar-refractivity contribution in [3.05, 3.63) is 45.4 Å². The maximum absolute atomic E-state index is 12.8. The average Bonchev–Trinajstić information content (AvgIpc) is 3.01. The van der Waals surface area contributed by atoms with Gasteiger partial charge in [-0.25, -0.2) is 4.98 Å². The third-order valence-corrected chi connectivity index (χ3v) is 4.85. The van der Waals surface area contributed by atoms with E-state index in [1.54, 1.807) is 18.2 Å². The summed E-state index contributed by atoms with van der Waals surface area (Å²) in [5, 5.41) is 5.15. The molecular weight excluding hydrogens is 418 g/mol. The Hall–Kier alpha value is -1.77. The van der Waals surface area contributed by atoms with Crippen molar-refractivity contribution < 1.29 is 14.3 Å². The van der Waals surface area contributed by atoms with E-state index in [2.05, 4.69) is 26.2 Å². The molecule has 0 radical (unpaired) electrons. The first kappa shape index (κ1) is 20.5. The molecule has 6 nitrogen and oxygen atoms in total. The van der Waals surface area contributed by atoms with Crippen LogP contribution in [0.2, 0.25) is 0 Å². The summed E-state index contributed by atoms with van der Waals surface area (Å²) in [5.74, 6) is -0.452. The molecule has 2 rings (SSSR count). The minimum Gasteiger partial charge on any atom is -0.382 e. The van der Waals surface area contributed by atoms with E-state index >= 15 is 0 Å². The van der Waals surface area contributed by atoms with Gasteiger partial charge in [0.05, 0.1) is 5.69 Å². The number of aromatic nitrogens is 1. The van der Waals surface area contributed by atoms with Crippen LogP contribution >= 0.6 is 27.3 Å². The smallest absolute Gasteiger partial charge is 0.254 e. The van der Waals surface area contributed by atoms with Crippen molar-refractivity contribution in [3.63, 3.8) is 0 Å². The standard InChI is InChI=1S/C18H22BrN3O3S/c1-3-25-9-5-8-22(17(24)14-6-4-7-15(19)10-14)11-16(23)21-18-20-13(2)12-26-18/h4,6-7,10,12H,3,5,8-9,11H2,1-2H3,(H,20,21,23). The van der Waals surface area contributed by atoms with Crippen LogP contribution in [0.15, 0.2) is 34.1 Å². The van der Waals surface area contributed by atoms with Crippen LogP contribution in [0.3, 0.4) is 0 Å². The average molecular weight is 440 g/mol. The summed E-state index contributed by atoms with van der Waals surface area (Å²) in [4.78, 5) is 30.9. The number of nitrogens with one attached hydrogen (secondary N) is 1. The molecule has 0 fully saturated rings. The van der Waals surface area contributed by atoms with E-state index in [9.17, 15) is 9.59 Å². The molecule has 0 atom stereocenters. The van der Waals surface area contributed by atoms with Crippen LogP contribution in [0.25, 0.3) is 0 Å². The van der Waals surface area contributed by atoms with Crippen LogP contribution in [-0.4, -0.2) is 48.0 Å². The predicted molar refractivity (Wildman–Crippen MR) is 107 cm³/mol. The molecule has 0 aliphatic carbocycles. The third-order valence-electron chi connectivity index (χ3n) is 3.48. The van der Waals surface area contributed by atoms with Crippen LogP contribution in [0.1, 0.15) is 29.4 Å². The van der Waals surface area contributed by atoms with E-state index in [4.69, 9.17) is 4.74 Å². The van der Waals surface area contributed by atoms with Gasteiger partial charge in [0.25, 0.3) is 5.91 Å². The summed E-state index contributed by atoms with van der Waals surface area (Å²) >= 11 is 4.74. The molecule has 0 spiro atoms. The number of hydrogen-bond donors (Lipinski definition) is 1. The molecule has 140 valence electrons. The van der Waals surface area contributed by atoms with Gasteiger partial charge < -0.3 is 15.0 Å². The second-order valence-corrected chi connectivity index (χ2v) is 7.40. The summed E-state index contributed by atoms with van der Waals surface area (Å²) in [7, 11) is 0. The second-order valence-electron chi connectivity index (χ2n) is 5.63. The molecule has 8 heteroatoms. The zero-order chi connectivity index (χ0) is 18.9. The van der Waals surface area contributed by atoms with Crippen LogP contribution in [0.5, 0.6) is 0 Å². The van der Waals surface area contributed by atoms with Crippen molar-refractivity contribution in [1.82, 2.24) is 9.88 Å². The van der Waals surface area contributed by atoms with E-state index in [0.29, 0.717) is 36.9 Å². The lowest BCUT2D eigenvalue weighted by molar-refractivity contribution is -0.116. The number of hydrogen-bond acceptors (Lipinski definition) is 5. The SMILES string of the molecule is CCOCCCN(CC(=O)Nc1nc(C)cs1)C(=O)c1cccc(Br)c1. The number of anilines is 1. The fourth-order valence-electron chi connectivity index (χ4n) is 2.30. The number of aryl methyl sites for hydroxylation is 1. The Morgan fingerprint density at radius 3 is 2.85 bits per heavy atom. The predicted octanol–water partition coefficient (Wildman–Crippen LogP) is 3.72. The lowest BCUT2D eigenvalue weighted by atomic mass is 10.2. The molecular formula is C18H22BrN3O3S. The fraction of sp³-hybridized carbons (Fsp3) is 0.389. The largest absolute Gasteiger partial charge is 0.382 e. The Bertz CT molecular complexity index is 751. The first-order valence-electron chi connectivity index (χ1n) is 8.34. The molecule has 0 saturated heterocycles. The Morgan fingerprint density at radius 2 is 2.19 bits per heavy atom. The first-order chi connectivity index (χ1) is 12.5. The van der Waals surface area contributed by atoms with Gasteiger partial charge in [0.15, 0.2) is 5.13 Å². The summed E-state index contributed by atoms with van der Waals surface area (Å²) in [6.45, 7) is 5.37. The molecule has 1 N–H and O–H groups in total. The summed E-state index contributed by atoms with van der Waals surface area (Å²) in [5.41, 5.74) is 1.39. The summed E-state index contributed by atoms with van der Waals surface area (Å²) < 4.78 is 6.16. The zero-order valence-electron chi connectivity index (χ0n) is 14.8. The van der Waals surface area contributed by atoms with Gasteiger partial charge in [0.2, 0.25) is 5.91 Å². The van der Waals surface area contributed by atoms with Crippen molar-refractivity contribution in [1.29, 1.82) is 0 Å². The lowest BCUT2D eigenvalue weighted by Gasteiger charge is -2.22. The van der Waals surface area contributed by atoms with E-state index in [1.165, 1.54) is 16.2 Å². The van der Waals surface area contributed by atoms with Gasteiger partial charge in [0.1, 0.15) is 6.54 Å². The maximum atomic E-state index is 12.8. The molecule has 1 heterocycles. The highest BCUT2D eigenvalue weighted by Crippen LogP contribution is 2.16. The molecule has 0 aliphatic rings. The van der Waals surface area contributed by atoms with Crippen molar-refractivity contribution in [2.24, 2.45) is 0 Å². The van der Waals surface area contributed by atoms with Crippen LogP contribution < -0.4 is 5.32 Å². The van der Waals surface area contributed by atoms with Crippen molar-refractivity contribution in [2.45, 2.75) is 20.3 Å². The van der Waals surface area contributed by atoms with Gasteiger partial charge in [-0.2, -0.15) is 0 Å². The van der Waals surface area contributed by atoms with Crippen molar-refractivity contribution in [3.8, 4) is 0 Å². The molecule has 2 aromatic rings. The quantitative estimate of drug-likeness (QED) is 0.604. The Kier molecular flexibility index (Phi) is 8.21. The zero-order valence-corrected chi connectivity index (χ0v) is 17.2. The normalized spacial score (nSPS) is 10.6. The van der Waals surface area contributed by atoms with E-state index < -0.39 is 0 Å². The van der Waals surface area contributed by atoms with Crippen LogP contribution in [-0.2, 0) is 9.53 Å². The third kappa shape index (κ3) is 6.51. The molecule has 1 aromatic carbocycles. The molecule has 1 aromatic heterocycles. The van der Waals surface area contributed by atoms with Crippen LogP contribution in [0.4, 0.5) is 5.13 Å². The van der Waals surface area contributed by atoms with Gasteiger partial charge in [-0.3, -0.25) is 9.59 Å². The molecule has 0 aliphatic heterocycles. The number of carbonyl (C=O) groups excluding carboxylic acids is 2. The van der Waals surface area contributed by atoms with Gasteiger partial charge in [0, 0.05) is 35.2 Å². The highest BCUT2D eigenvalue weighted by Gasteiger charge is 2.19. The number of ether oxygens (including phenoxy) is 1. The Labute approximate surface area is 165 Å². The summed E-state index contributed by atoms with van der Waals surface area (Å²) in [6, 6.07) is 7.15. The highest BCUT2D eigenvalue weighted by atomic mass is 79.9. The number of carbonyl (C=O) groups is 2. The van der Waals surface area contributed by atoms with Gasteiger partial charge in [-0.05, 0) is 38.5 Å². The monoisotopic (exact) mass is 439 g/mol. The Morgan fingerprint density at radius 1 is 1.38 bits per heavy atom. The molecule has 2 amide bonds. The highest BCUT2D eigenvalue weighted by molar-refractivity contribution is 9.10. The van der Waals surface area contributed by atoms with Gasteiger partial charge in [-0.1, -0.05) is 22.0 Å². The number of thiazole rings is 1. The minimum absolute atomic E-state index is 0.0316. The van der Waals surface area contributed by atoms with E-state index in [0.717, 1.165) is 10.2 Å². The number of rotatable bonds is 9. The molecule has 0 unspecified atom stereocenters. The topological polar surface area (TPSA) is 71.5 Å². The number of nitrogens with zero attached hydrogens (tertiary/aromatic N) is 2. The fourth-order valence-corrected chi connectivity index (χ4v) is 3.41. The molecule has 26 heavy (non-hydrogen) atoms. The molecule has 0 saturated carbocycles. The minimum atomic E-state index is -0.265. The number of amides is 2. The van der Waals surface area contributed by atoms with Crippen molar-refractivity contribution in [2.75, 3.05) is 31.6 Å². The van der Waals surface area contributed by atoms with Gasteiger partial charge in [-0.15, -0.1) is 11.3 Å². The van der Waals surface area contributed by atoms with E-state index in [-0.39, 0.29) is 18.4 Å². The lowest BCUT2D eigenvalue weighted by Crippen LogP contribution is -2.39. The van der Waals surface area contributed by atoms with E-state index in [1.807, 2.05) is 25.3 Å².